The third kappa shape index (κ3) is 4.72. The standard InChI is InChI=1S/C38H15F3N6O/c1-20-11-13-23(21(15-20)17-42)25-7-5-9-27-32(25)36-35(31(19-44)47-4)28-10-6-8-26(33(28)37(36)34(27)30(18-43)46-3)24-14-12-22(16-29(24)45-2)48-38(39,40)41/h5-16H,1H3/b34-30-,35-31+. The molecule has 0 aliphatic heterocycles. The van der Waals surface area contributed by atoms with E-state index in [1.165, 1.54) is 6.07 Å². The maximum atomic E-state index is 13.0. The maximum Gasteiger partial charge on any atom is 0.573 e. The van der Waals surface area contributed by atoms with Gasteiger partial charge in [-0.05, 0) is 80.8 Å². The molecular weight excluding hydrogens is 613 g/mol. The number of hydrogen-bond donors (Lipinski definition) is 0. The molecule has 0 saturated carbocycles. The number of alkyl halides is 3. The molecular formula is C38H15F3N6O. The number of aryl methyl sites for hydroxylation is 1. The Morgan fingerprint density at radius 1 is 0.688 bits per heavy atom. The summed E-state index contributed by atoms with van der Waals surface area (Å²) >= 11 is 0. The van der Waals surface area contributed by atoms with Crippen molar-refractivity contribution in [3.63, 3.8) is 0 Å². The highest BCUT2D eigenvalue weighted by atomic mass is 19.4. The van der Waals surface area contributed by atoms with Gasteiger partial charge in [0.2, 0.25) is 0 Å². The van der Waals surface area contributed by atoms with Gasteiger partial charge in [-0.2, -0.15) is 5.26 Å². The summed E-state index contributed by atoms with van der Waals surface area (Å²) in [7, 11) is 0. The lowest BCUT2D eigenvalue weighted by atomic mass is 9.84. The number of hydrogen-bond acceptors (Lipinski definition) is 4. The molecule has 0 heterocycles. The number of rotatable bonds is 3. The fraction of sp³-hybridized carbons (Fsp3) is 0.0526. The normalized spacial score (nSPS) is 14.5. The summed E-state index contributed by atoms with van der Waals surface area (Å²) in [6, 6.07) is 25.1. The van der Waals surface area contributed by atoms with E-state index in [4.69, 9.17) is 19.7 Å². The van der Waals surface area contributed by atoms with Gasteiger partial charge < -0.3 is 4.74 Å². The molecule has 48 heavy (non-hydrogen) atoms. The highest BCUT2D eigenvalue weighted by Gasteiger charge is 2.42. The van der Waals surface area contributed by atoms with Crippen LogP contribution in [0.25, 0.3) is 59.1 Å². The quantitative estimate of drug-likeness (QED) is 0.167. The van der Waals surface area contributed by atoms with Crippen LogP contribution in [0.4, 0.5) is 18.9 Å². The Labute approximate surface area is 272 Å². The molecule has 0 aromatic heterocycles. The first kappa shape index (κ1) is 30.6. The molecule has 0 amide bonds. The van der Waals surface area contributed by atoms with E-state index in [1.54, 1.807) is 48.5 Å². The van der Waals surface area contributed by atoms with Crippen molar-refractivity contribution in [3.8, 4) is 46.2 Å². The molecule has 0 bridgehead atoms. The molecule has 7 nitrogen and oxygen atoms in total. The van der Waals surface area contributed by atoms with Crippen molar-refractivity contribution >= 4 is 28.0 Å². The summed E-state index contributed by atoms with van der Waals surface area (Å²) in [5.74, 6) is -0.588. The second kappa shape index (κ2) is 11.5. The van der Waals surface area contributed by atoms with Gasteiger partial charge in [0.15, 0.2) is 5.69 Å². The SMILES string of the molecule is [C-]#[N+]/C(C#N)=C1C2=C(/C(=C(\C#N)[N+]#[C-])c3cccc(-c4ccc(OC(F)(F)F)cc4[N+]#[C-])c32)c2c\1cccc2-c1ccc(C)cc1C#N. The largest absolute Gasteiger partial charge is 0.573 e. The number of allylic oxidation sites excluding steroid dienone is 6. The van der Waals surface area contributed by atoms with Crippen LogP contribution in [0.3, 0.4) is 0 Å². The number of nitrogens with zero attached hydrogens (tertiary/aromatic N) is 6. The van der Waals surface area contributed by atoms with Crippen molar-refractivity contribution in [1.82, 2.24) is 0 Å². The Morgan fingerprint density at radius 3 is 1.69 bits per heavy atom. The van der Waals surface area contributed by atoms with Crippen molar-refractivity contribution < 1.29 is 17.9 Å². The van der Waals surface area contributed by atoms with Gasteiger partial charge in [-0.1, -0.05) is 54.6 Å². The van der Waals surface area contributed by atoms with Crippen molar-refractivity contribution in [2.75, 3.05) is 0 Å². The number of ether oxygens (including phenoxy) is 1. The molecule has 2 aliphatic carbocycles. The van der Waals surface area contributed by atoms with Crippen molar-refractivity contribution in [2.24, 2.45) is 0 Å². The molecule has 6 rings (SSSR count). The van der Waals surface area contributed by atoms with Gasteiger partial charge in [-0.15, -0.1) is 13.2 Å². The van der Waals surface area contributed by atoms with Gasteiger partial charge in [0.05, 0.1) is 43.5 Å². The average Bonchev–Trinajstić information content (AvgIpc) is 3.58. The fourth-order valence-electron chi connectivity index (χ4n) is 6.31. The first-order valence-corrected chi connectivity index (χ1v) is 14.0. The molecule has 0 saturated heterocycles. The Balaban J connectivity index is 1.78. The van der Waals surface area contributed by atoms with Crippen LogP contribution in [0.2, 0.25) is 0 Å². The van der Waals surface area contributed by atoms with Gasteiger partial charge in [0, 0.05) is 16.7 Å². The third-order valence-electron chi connectivity index (χ3n) is 8.03. The van der Waals surface area contributed by atoms with E-state index in [0.717, 1.165) is 17.7 Å². The zero-order valence-corrected chi connectivity index (χ0v) is 24.7. The summed E-state index contributed by atoms with van der Waals surface area (Å²) in [4.78, 5) is 10.5. The van der Waals surface area contributed by atoms with Crippen LogP contribution in [-0.2, 0) is 0 Å². The number of benzene rings is 4. The van der Waals surface area contributed by atoms with E-state index in [1.807, 2.05) is 25.1 Å². The van der Waals surface area contributed by atoms with Gasteiger partial charge in [-0.25, -0.2) is 25.1 Å². The van der Waals surface area contributed by atoms with E-state index in [0.29, 0.717) is 55.7 Å². The molecule has 4 aromatic carbocycles. The highest BCUT2D eigenvalue weighted by Crippen LogP contribution is 2.63. The Kier molecular flexibility index (Phi) is 7.36. The van der Waals surface area contributed by atoms with Gasteiger partial charge in [0.1, 0.15) is 5.75 Å². The van der Waals surface area contributed by atoms with Crippen LogP contribution in [0.5, 0.6) is 5.75 Å². The Bertz CT molecular complexity index is 2460. The Hall–Kier alpha value is -7.37. The number of halogens is 3. The van der Waals surface area contributed by atoms with E-state index < -0.39 is 12.1 Å². The Morgan fingerprint density at radius 2 is 1.21 bits per heavy atom. The lowest BCUT2D eigenvalue weighted by molar-refractivity contribution is -0.274. The molecule has 4 aromatic rings. The van der Waals surface area contributed by atoms with E-state index in [9.17, 15) is 29.0 Å². The molecule has 10 heteroatoms. The van der Waals surface area contributed by atoms with E-state index >= 15 is 0 Å². The second-order valence-corrected chi connectivity index (χ2v) is 10.6. The highest BCUT2D eigenvalue weighted by molar-refractivity contribution is 6.39. The van der Waals surface area contributed by atoms with Gasteiger partial charge in [0.25, 0.3) is 11.4 Å². The van der Waals surface area contributed by atoms with Gasteiger partial charge >= 0.3 is 6.36 Å². The van der Waals surface area contributed by atoms with E-state index in [2.05, 4.69) is 25.3 Å². The summed E-state index contributed by atoms with van der Waals surface area (Å²) in [5.41, 5.74) is 5.22. The number of fused-ring (bicyclic) bond motifs is 4. The molecule has 2 aliphatic rings. The zero-order valence-electron chi connectivity index (χ0n) is 24.7. The summed E-state index contributed by atoms with van der Waals surface area (Å²) in [6.45, 7) is 25.5. The van der Waals surface area contributed by atoms with Crippen LogP contribution in [-0.4, -0.2) is 6.36 Å². The van der Waals surface area contributed by atoms with Crippen LogP contribution in [0.15, 0.2) is 84.2 Å². The summed E-state index contributed by atoms with van der Waals surface area (Å²) in [6.07, 6.45) is -4.98. The molecule has 224 valence electrons. The average molecular weight is 629 g/mol. The monoisotopic (exact) mass is 628 g/mol. The molecule has 0 N–H and O–H groups in total. The molecule has 0 spiro atoms. The predicted octanol–water partition coefficient (Wildman–Crippen LogP) is 9.90. The fourth-order valence-corrected chi connectivity index (χ4v) is 6.31. The minimum atomic E-state index is -4.98. The minimum Gasteiger partial charge on any atom is -0.407 e. The van der Waals surface area contributed by atoms with Crippen molar-refractivity contribution in [3.05, 3.63) is 152 Å². The maximum absolute atomic E-state index is 13.0. The molecule has 0 atom stereocenters. The van der Waals surface area contributed by atoms with Crippen molar-refractivity contribution in [1.29, 1.82) is 15.8 Å². The topological polar surface area (TPSA) is 93.7 Å². The molecule has 0 unspecified atom stereocenters. The van der Waals surface area contributed by atoms with Crippen molar-refractivity contribution in [2.45, 2.75) is 13.3 Å². The van der Waals surface area contributed by atoms with Crippen LogP contribution < -0.4 is 4.74 Å². The summed E-state index contributed by atoms with van der Waals surface area (Å²) in [5, 5.41) is 30.5. The molecule has 0 fully saturated rings. The predicted molar refractivity (Wildman–Crippen MR) is 171 cm³/mol. The van der Waals surface area contributed by atoms with Gasteiger partial charge in [-0.3, -0.25) is 0 Å². The minimum absolute atomic E-state index is 0.166. The van der Waals surface area contributed by atoms with Crippen LogP contribution >= 0.6 is 0 Å². The number of nitriles is 3. The lowest BCUT2D eigenvalue weighted by Gasteiger charge is -2.19. The van der Waals surface area contributed by atoms with Crippen LogP contribution in [0, 0.1) is 60.6 Å². The van der Waals surface area contributed by atoms with E-state index in [-0.39, 0.29) is 33.8 Å². The lowest BCUT2D eigenvalue weighted by Crippen LogP contribution is -2.17. The molecule has 0 radical (unpaired) electrons. The second-order valence-electron chi connectivity index (χ2n) is 10.6. The summed E-state index contributed by atoms with van der Waals surface area (Å²) < 4.78 is 43.1. The smallest absolute Gasteiger partial charge is 0.407 e. The first-order valence-electron chi connectivity index (χ1n) is 14.0. The zero-order chi connectivity index (χ0) is 34.3. The van der Waals surface area contributed by atoms with Crippen LogP contribution in [0.1, 0.15) is 33.4 Å². The first-order chi connectivity index (χ1) is 23.1. The third-order valence-corrected chi connectivity index (χ3v) is 8.03.